The molecule has 0 saturated carbocycles. The summed E-state index contributed by atoms with van der Waals surface area (Å²) in [6.07, 6.45) is 5.40. The second kappa shape index (κ2) is 8.94. The fraction of sp³-hybridized carbons (Fsp3) is 0.185. The highest BCUT2D eigenvalue weighted by atomic mass is 16.5. The molecule has 0 saturated heterocycles. The van der Waals surface area contributed by atoms with E-state index in [-0.39, 0.29) is 5.91 Å². The topological polar surface area (TPSA) is 65.3 Å². The first-order chi connectivity index (χ1) is 16.6. The molecule has 2 aromatic heterocycles. The molecule has 1 aliphatic heterocycles. The van der Waals surface area contributed by atoms with Crippen LogP contribution in [-0.2, 0) is 17.9 Å². The molecule has 5 rings (SSSR count). The van der Waals surface area contributed by atoms with Crippen molar-refractivity contribution in [1.29, 1.82) is 0 Å². The Morgan fingerprint density at radius 1 is 0.912 bits per heavy atom. The molecule has 7 heteroatoms. The Morgan fingerprint density at radius 3 is 2.21 bits per heavy atom. The van der Waals surface area contributed by atoms with E-state index in [2.05, 4.69) is 0 Å². The first-order valence-corrected chi connectivity index (χ1v) is 10.9. The minimum atomic E-state index is -0.0688. The lowest BCUT2D eigenvalue weighted by atomic mass is 10.1. The summed E-state index contributed by atoms with van der Waals surface area (Å²) in [5.41, 5.74) is 5.53. The maximum atomic E-state index is 13.1. The summed E-state index contributed by atoms with van der Waals surface area (Å²) in [5.74, 6) is 2.05. The number of fused-ring (bicyclic) bond motifs is 2. The number of imidazole rings is 1. The predicted octanol–water partition coefficient (Wildman–Crippen LogP) is 4.58. The van der Waals surface area contributed by atoms with E-state index in [1.165, 1.54) is 0 Å². The fourth-order valence-corrected chi connectivity index (χ4v) is 4.27. The number of aromatic nitrogens is 2. The quantitative estimate of drug-likeness (QED) is 0.398. The van der Waals surface area contributed by atoms with Gasteiger partial charge in [-0.1, -0.05) is 6.07 Å². The normalized spacial score (nSPS) is 12.9. The van der Waals surface area contributed by atoms with E-state index in [0.717, 1.165) is 39.5 Å². The molecular weight excluding hydrogens is 430 g/mol. The van der Waals surface area contributed by atoms with Crippen LogP contribution in [0.25, 0.3) is 23.0 Å². The largest absolute Gasteiger partial charge is 0.497 e. The SMILES string of the molecule is COc1ccc(-c2nc3ccccn3c2/C=C/C(=O)N2Cc3cc(OC)c(OC)cc3C2)cc1. The third-order valence-corrected chi connectivity index (χ3v) is 6.05. The number of benzene rings is 2. The molecule has 4 aromatic rings. The Morgan fingerprint density at radius 2 is 1.59 bits per heavy atom. The van der Waals surface area contributed by atoms with Crippen molar-refractivity contribution in [3.63, 3.8) is 0 Å². The molecule has 1 aliphatic rings. The van der Waals surface area contributed by atoms with Crippen molar-refractivity contribution in [2.24, 2.45) is 0 Å². The number of carbonyl (C=O) groups excluding carboxylic acids is 1. The maximum Gasteiger partial charge on any atom is 0.247 e. The zero-order valence-electron chi connectivity index (χ0n) is 19.3. The van der Waals surface area contributed by atoms with E-state index in [0.29, 0.717) is 24.6 Å². The molecule has 172 valence electrons. The number of hydrogen-bond donors (Lipinski definition) is 0. The van der Waals surface area contributed by atoms with Gasteiger partial charge in [-0.2, -0.15) is 0 Å². The van der Waals surface area contributed by atoms with Crippen molar-refractivity contribution in [3.8, 4) is 28.5 Å². The molecule has 0 atom stereocenters. The zero-order valence-corrected chi connectivity index (χ0v) is 19.3. The molecule has 34 heavy (non-hydrogen) atoms. The number of rotatable bonds is 6. The van der Waals surface area contributed by atoms with Gasteiger partial charge < -0.3 is 19.1 Å². The smallest absolute Gasteiger partial charge is 0.247 e. The van der Waals surface area contributed by atoms with Gasteiger partial charge in [-0.3, -0.25) is 9.20 Å². The maximum absolute atomic E-state index is 13.1. The van der Waals surface area contributed by atoms with Gasteiger partial charge in [-0.25, -0.2) is 4.98 Å². The Labute approximate surface area is 197 Å². The summed E-state index contributed by atoms with van der Waals surface area (Å²) in [6, 6.07) is 17.5. The average Bonchev–Trinajstić information content (AvgIpc) is 3.47. The van der Waals surface area contributed by atoms with E-state index in [1.54, 1.807) is 32.3 Å². The van der Waals surface area contributed by atoms with Crippen LogP contribution in [0.15, 0.2) is 66.9 Å². The summed E-state index contributed by atoms with van der Waals surface area (Å²) in [7, 11) is 4.87. The third-order valence-electron chi connectivity index (χ3n) is 6.05. The van der Waals surface area contributed by atoms with Crippen LogP contribution in [0.3, 0.4) is 0 Å². The fourth-order valence-electron chi connectivity index (χ4n) is 4.27. The van der Waals surface area contributed by atoms with Gasteiger partial charge >= 0.3 is 0 Å². The minimum Gasteiger partial charge on any atom is -0.497 e. The minimum absolute atomic E-state index is 0.0688. The summed E-state index contributed by atoms with van der Waals surface area (Å²) in [5, 5.41) is 0. The van der Waals surface area contributed by atoms with Crippen molar-refractivity contribution in [2.45, 2.75) is 13.1 Å². The first-order valence-electron chi connectivity index (χ1n) is 10.9. The Kier molecular flexibility index (Phi) is 5.67. The van der Waals surface area contributed by atoms with Gasteiger partial charge in [-0.15, -0.1) is 0 Å². The lowest BCUT2D eigenvalue weighted by Crippen LogP contribution is -2.22. The van der Waals surface area contributed by atoms with E-state index in [1.807, 2.05) is 71.3 Å². The van der Waals surface area contributed by atoms with Gasteiger partial charge in [-0.05, 0) is 65.7 Å². The Hall–Kier alpha value is -4.26. The van der Waals surface area contributed by atoms with Crippen LogP contribution in [0.5, 0.6) is 17.2 Å². The Balaban J connectivity index is 1.44. The molecule has 0 radical (unpaired) electrons. The molecule has 3 heterocycles. The molecule has 0 N–H and O–H groups in total. The monoisotopic (exact) mass is 455 g/mol. The van der Waals surface area contributed by atoms with Gasteiger partial charge in [0.05, 0.1) is 32.7 Å². The van der Waals surface area contributed by atoms with Crippen LogP contribution < -0.4 is 14.2 Å². The number of nitrogens with zero attached hydrogens (tertiary/aromatic N) is 3. The van der Waals surface area contributed by atoms with Crippen LogP contribution >= 0.6 is 0 Å². The number of pyridine rings is 1. The van der Waals surface area contributed by atoms with Crippen molar-refractivity contribution < 1.29 is 19.0 Å². The molecule has 0 bridgehead atoms. The predicted molar refractivity (Wildman–Crippen MR) is 130 cm³/mol. The standard InChI is InChI=1S/C27H25N3O4/c1-32-21-9-7-18(8-10-21)27-22(30-13-5-4-6-25(30)28-27)11-12-26(31)29-16-19-14-23(33-2)24(34-3)15-20(19)17-29/h4-15H,16-17H2,1-3H3/b12-11+. The van der Waals surface area contributed by atoms with Crippen molar-refractivity contribution in [1.82, 2.24) is 14.3 Å². The molecule has 0 spiro atoms. The lowest BCUT2D eigenvalue weighted by Gasteiger charge is -2.12. The van der Waals surface area contributed by atoms with Crippen molar-refractivity contribution in [2.75, 3.05) is 21.3 Å². The number of hydrogen-bond acceptors (Lipinski definition) is 5. The van der Waals surface area contributed by atoms with Crippen molar-refractivity contribution in [3.05, 3.63) is 83.7 Å². The lowest BCUT2D eigenvalue weighted by molar-refractivity contribution is -0.126. The zero-order chi connectivity index (χ0) is 23.7. The number of amides is 1. The molecule has 7 nitrogen and oxygen atoms in total. The van der Waals surface area contributed by atoms with Crippen LogP contribution in [-0.4, -0.2) is 41.5 Å². The molecule has 1 amide bonds. The second-order valence-electron chi connectivity index (χ2n) is 8.01. The summed E-state index contributed by atoms with van der Waals surface area (Å²) in [4.78, 5) is 19.7. The summed E-state index contributed by atoms with van der Waals surface area (Å²) in [6.45, 7) is 1.05. The Bertz CT molecular complexity index is 1360. The summed E-state index contributed by atoms with van der Waals surface area (Å²) >= 11 is 0. The van der Waals surface area contributed by atoms with E-state index < -0.39 is 0 Å². The highest BCUT2D eigenvalue weighted by Gasteiger charge is 2.24. The highest BCUT2D eigenvalue weighted by molar-refractivity contribution is 5.93. The van der Waals surface area contributed by atoms with Crippen LogP contribution in [0.1, 0.15) is 16.8 Å². The van der Waals surface area contributed by atoms with Crippen molar-refractivity contribution >= 4 is 17.6 Å². The highest BCUT2D eigenvalue weighted by Crippen LogP contribution is 2.35. The number of ether oxygens (including phenoxy) is 3. The van der Waals surface area contributed by atoms with E-state index in [9.17, 15) is 4.79 Å². The third kappa shape index (κ3) is 3.85. The molecule has 0 fully saturated rings. The van der Waals surface area contributed by atoms with Crippen LogP contribution in [0, 0.1) is 0 Å². The van der Waals surface area contributed by atoms with Gasteiger partial charge in [0.15, 0.2) is 11.5 Å². The first kappa shape index (κ1) is 21.6. The van der Waals surface area contributed by atoms with Gasteiger partial charge in [0.1, 0.15) is 11.4 Å². The van der Waals surface area contributed by atoms with Gasteiger partial charge in [0.2, 0.25) is 5.91 Å². The number of carbonyl (C=O) groups is 1. The average molecular weight is 456 g/mol. The van der Waals surface area contributed by atoms with E-state index >= 15 is 0 Å². The molecular formula is C27H25N3O4. The molecule has 2 aromatic carbocycles. The molecule has 0 aliphatic carbocycles. The second-order valence-corrected chi connectivity index (χ2v) is 8.01. The van der Waals surface area contributed by atoms with Gasteiger partial charge in [0, 0.05) is 30.9 Å². The van der Waals surface area contributed by atoms with Crippen LogP contribution in [0.4, 0.5) is 0 Å². The number of methoxy groups -OCH3 is 3. The van der Waals surface area contributed by atoms with Crippen LogP contribution in [0.2, 0.25) is 0 Å². The van der Waals surface area contributed by atoms with E-state index in [4.69, 9.17) is 19.2 Å². The molecule has 0 unspecified atom stereocenters. The van der Waals surface area contributed by atoms with Gasteiger partial charge in [0.25, 0.3) is 0 Å². The summed E-state index contributed by atoms with van der Waals surface area (Å²) < 4.78 is 18.1.